The summed E-state index contributed by atoms with van der Waals surface area (Å²) in [4.78, 5) is 61.8. The lowest BCUT2D eigenvalue weighted by atomic mass is 9.93. The second-order valence-electron chi connectivity index (χ2n) is 17.1. The molecule has 27 nitrogen and oxygen atoms in total. The number of hydrogen-bond acceptors (Lipinski definition) is 23. The molecule has 0 spiro atoms. The van der Waals surface area contributed by atoms with E-state index in [2.05, 4.69) is 21.3 Å². The number of fused-ring (bicyclic) bond motifs is 1. The van der Waals surface area contributed by atoms with Crippen molar-refractivity contribution in [2.24, 2.45) is 0 Å². The summed E-state index contributed by atoms with van der Waals surface area (Å²) >= 11 is 0. The molecule has 13 N–H and O–H groups in total. The van der Waals surface area contributed by atoms with E-state index in [4.69, 9.17) is 42.3 Å². The van der Waals surface area contributed by atoms with Crippen molar-refractivity contribution in [3.8, 4) is 5.75 Å². The van der Waals surface area contributed by atoms with Crippen LogP contribution in [0.2, 0.25) is 0 Å². The van der Waals surface area contributed by atoms with Crippen LogP contribution in [0.3, 0.4) is 0 Å². The fourth-order valence-corrected chi connectivity index (χ4v) is 8.77. The highest BCUT2D eigenvalue weighted by Gasteiger charge is 2.56. The Labute approximate surface area is 392 Å². The number of carbonyl (C=O) groups excluding carboxylic acids is 4. The first-order chi connectivity index (χ1) is 32.7. The van der Waals surface area contributed by atoms with Gasteiger partial charge < -0.3 is 110 Å². The summed E-state index contributed by atoms with van der Waals surface area (Å²) < 4.78 is 53.2. The number of aliphatic hydroxyl groups is 9. The Morgan fingerprint density at radius 3 is 1.28 bits per heavy atom. The largest absolute Gasteiger partial charge is 0.462 e. The Bertz CT molecular complexity index is 2170. The molecule has 0 bridgehead atoms. The summed E-state index contributed by atoms with van der Waals surface area (Å²) in [6, 6.07) is -0.381. The summed E-state index contributed by atoms with van der Waals surface area (Å²) in [5.41, 5.74) is 0.170. The Hall–Kier alpha value is -4.53. The molecule has 1 aromatic heterocycles. The summed E-state index contributed by atoms with van der Waals surface area (Å²) in [6.45, 7) is 2.56. The number of rotatable bonds is 16. The number of hydrogen-bond donors (Lipinski definition) is 13. The van der Waals surface area contributed by atoms with E-state index in [0.717, 1.165) is 27.7 Å². The Balaban J connectivity index is 1.23. The van der Waals surface area contributed by atoms with Gasteiger partial charge >= 0.3 is 5.63 Å². The highest BCUT2D eigenvalue weighted by atomic mass is 16.8. The molecule has 20 atom stereocenters. The highest BCUT2D eigenvalue weighted by Crippen LogP contribution is 2.35. The van der Waals surface area contributed by atoms with Crippen LogP contribution < -0.4 is 31.6 Å². The maximum Gasteiger partial charge on any atom is 0.336 e. The number of nitrogens with one attached hydrogen (secondary N) is 4. The standard InChI is InChI=1S/C42H60N4O23/c1-14-8-26(55)62-21-9-19(6-7-20(14)21)61-39-28(44-16(3)52)33(58)36(23(11-48)64-39)68-41-30(46-18(5)54)35(60)38(25(13-50)66-41)69-42-29(45-17(4)53)34(59)37(24(12-49)65-42)67-40-27(43-15(2)51)32(57)31(56)22(10-47)63-40/h6-9,22-25,27-42,47-50,56-60H,10-13H2,1-5H3,(H,43,51)(H,44,52)(H,45,53)(H,46,54)/t22-,23-,24-,25-,27-,28-,29-,30-,31-,32-,33-,34-,35-,36-,37-,38-,39-,40+,41+,42+/m1/s1. The van der Waals surface area contributed by atoms with E-state index in [1.54, 1.807) is 13.0 Å². The van der Waals surface area contributed by atoms with E-state index in [-0.39, 0.29) is 11.3 Å². The molecule has 5 heterocycles. The highest BCUT2D eigenvalue weighted by molar-refractivity contribution is 5.81. The fraction of sp³-hybridized carbons (Fsp3) is 0.690. The van der Waals surface area contributed by atoms with Gasteiger partial charge in [0, 0.05) is 45.2 Å². The third-order valence-electron chi connectivity index (χ3n) is 12.0. The van der Waals surface area contributed by atoms with Gasteiger partial charge in [0.1, 0.15) is 109 Å². The number of ether oxygens (including phenoxy) is 8. The Kier molecular flexibility index (Phi) is 18.0. The lowest BCUT2D eigenvalue weighted by Crippen LogP contribution is -2.72. The molecule has 4 aliphatic heterocycles. The minimum absolute atomic E-state index is 0.0790. The van der Waals surface area contributed by atoms with Crippen LogP contribution in [0.4, 0.5) is 0 Å². The lowest BCUT2D eigenvalue weighted by molar-refractivity contribution is -0.361. The van der Waals surface area contributed by atoms with E-state index in [1.807, 2.05) is 0 Å². The van der Waals surface area contributed by atoms with E-state index in [0.29, 0.717) is 10.9 Å². The second kappa shape index (κ2) is 23.1. The smallest absolute Gasteiger partial charge is 0.336 e. The molecular weight excluding hydrogens is 928 g/mol. The Morgan fingerprint density at radius 1 is 0.522 bits per heavy atom. The van der Waals surface area contributed by atoms with Crippen molar-refractivity contribution in [1.29, 1.82) is 0 Å². The van der Waals surface area contributed by atoms with E-state index in [9.17, 15) is 69.9 Å². The van der Waals surface area contributed by atoms with Gasteiger partial charge in [-0.15, -0.1) is 0 Å². The van der Waals surface area contributed by atoms with Crippen LogP contribution in [-0.4, -0.2) is 219 Å². The van der Waals surface area contributed by atoms with Crippen LogP contribution in [0, 0.1) is 6.92 Å². The van der Waals surface area contributed by atoms with E-state index >= 15 is 0 Å². The molecular formula is C42H60N4O23. The van der Waals surface area contributed by atoms with Gasteiger partial charge in [-0.3, -0.25) is 19.2 Å². The third-order valence-corrected chi connectivity index (χ3v) is 12.0. The molecule has 69 heavy (non-hydrogen) atoms. The van der Waals surface area contributed by atoms with Gasteiger partial charge in [0.15, 0.2) is 18.9 Å². The minimum Gasteiger partial charge on any atom is -0.462 e. The molecule has 4 aliphatic rings. The molecule has 0 saturated carbocycles. The van der Waals surface area contributed by atoms with Crippen LogP contribution in [0.5, 0.6) is 5.75 Å². The molecule has 4 saturated heterocycles. The van der Waals surface area contributed by atoms with Gasteiger partial charge in [0.25, 0.3) is 0 Å². The van der Waals surface area contributed by atoms with Gasteiger partial charge in [-0.2, -0.15) is 0 Å². The SMILES string of the molecule is CC(=O)N[C@H]1[C@H](Oc2ccc3c(C)cc(=O)oc3c2)O[C@H](CO)[C@@H](O[C@@H]2O[C@H](CO)[C@@H](O[C@@H]3O[C@H](CO)[C@@H](O[C@@H]4O[C@H](CO)[C@@H](O)[C@H](O)[C@H]4NC(C)=O)[C@H](O)[C@H]3NC(C)=O)[C@H](O)[C@H]2NC(C)=O)[C@@H]1O. The average Bonchev–Trinajstić information content (AvgIpc) is 3.28. The van der Waals surface area contributed by atoms with Crippen molar-refractivity contribution < 1.29 is 107 Å². The predicted molar refractivity (Wildman–Crippen MR) is 226 cm³/mol. The monoisotopic (exact) mass is 988 g/mol. The van der Waals surface area contributed by atoms with Crippen LogP contribution in [0.25, 0.3) is 11.0 Å². The molecule has 0 unspecified atom stereocenters. The topological polar surface area (TPSA) is 403 Å². The van der Waals surface area contributed by atoms with Gasteiger partial charge in [0.2, 0.25) is 29.9 Å². The minimum atomic E-state index is -1.93. The summed E-state index contributed by atoms with van der Waals surface area (Å²) in [5.74, 6) is -2.79. The maximum atomic E-state index is 12.6. The van der Waals surface area contributed by atoms with Crippen molar-refractivity contribution in [2.75, 3.05) is 26.4 Å². The number of aryl methyl sites for hydroxylation is 1. The number of benzene rings is 1. The first kappa shape index (κ1) is 53.8. The summed E-state index contributed by atoms with van der Waals surface area (Å²) in [5, 5.41) is 109. The molecule has 0 aliphatic carbocycles. The zero-order valence-corrected chi connectivity index (χ0v) is 37.9. The second-order valence-corrected chi connectivity index (χ2v) is 17.1. The van der Waals surface area contributed by atoms with Crippen LogP contribution in [0.1, 0.15) is 33.3 Å². The van der Waals surface area contributed by atoms with Gasteiger partial charge in [-0.25, -0.2) is 4.79 Å². The lowest BCUT2D eigenvalue weighted by Gasteiger charge is -2.51. The zero-order valence-electron chi connectivity index (χ0n) is 37.9. The Morgan fingerprint density at radius 2 is 0.884 bits per heavy atom. The molecule has 0 radical (unpaired) electrons. The predicted octanol–water partition coefficient (Wildman–Crippen LogP) is -6.67. The number of carbonyl (C=O) groups is 4. The van der Waals surface area contributed by atoms with E-state index < -0.39 is 178 Å². The van der Waals surface area contributed by atoms with Gasteiger partial charge in [0.05, 0.1) is 26.4 Å². The van der Waals surface area contributed by atoms with Crippen LogP contribution >= 0.6 is 0 Å². The van der Waals surface area contributed by atoms with Crippen molar-refractivity contribution >= 4 is 34.6 Å². The zero-order chi connectivity index (χ0) is 50.6. The quantitative estimate of drug-likeness (QED) is 0.0695. The van der Waals surface area contributed by atoms with Crippen molar-refractivity contribution in [3.63, 3.8) is 0 Å². The third kappa shape index (κ3) is 12.2. The number of amides is 4. The first-order valence-electron chi connectivity index (χ1n) is 21.9. The van der Waals surface area contributed by atoms with Crippen molar-refractivity contribution in [2.45, 2.75) is 157 Å². The summed E-state index contributed by atoms with van der Waals surface area (Å²) in [7, 11) is 0. The molecule has 386 valence electrons. The van der Waals surface area contributed by atoms with Crippen LogP contribution in [-0.2, 0) is 52.3 Å². The fourth-order valence-electron chi connectivity index (χ4n) is 8.77. The molecule has 1 aromatic carbocycles. The molecule has 6 rings (SSSR count). The van der Waals surface area contributed by atoms with Gasteiger partial charge in [-0.1, -0.05) is 0 Å². The normalized spacial score (nSPS) is 38.2. The number of aliphatic hydroxyl groups excluding tert-OH is 9. The van der Waals surface area contributed by atoms with Crippen molar-refractivity contribution in [1.82, 2.24) is 21.3 Å². The average molecular weight is 989 g/mol. The molecule has 2 aromatic rings. The molecule has 4 fully saturated rings. The molecule has 4 amide bonds. The van der Waals surface area contributed by atoms with Crippen LogP contribution in [0.15, 0.2) is 33.5 Å². The maximum absolute atomic E-state index is 12.6. The first-order valence-corrected chi connectivity index (χ1v) is 21.9. The van der Waals surface area contributed by atoms with Gasteiger partial charge in [-0.05, 0) is 24.6 Å². The summed E-state index contributed by atoms with van der Waals surface area (Å²) in [6.07, 6.45) is -27.1. The van der Waals surface area contributed by atoms with E-state index in [1.165, 1.54) is 18.2 Å². The van der Waals surface area contributed by atoms with Crippen molar-refractivity contribution in [3.05, 3.63) is 40.2 Å². The molecule has 27 heteroatoms.